The van der Waals surface area contributed by atoms with Crippen molar-refractivity contribution in [3.8, 4) is 17.0 Å². The lowest BCUT2D eigenvalue weighted by atomic mass is 10.1. The van der Waals surface area contributed by atoms with Gasteiger partial charge in [0.15, 0.2) is 0 Å². The lowest BCUT2D eigenvalue weighted by Gasteiger charge is -2.20. The molecule has 0 fully saturated rings. The van der Waals surface area contributed by atoms with Crippen LogP contribution in [0.4, 0.5) is 4.79 Å². The summed E-state index contributed by atoms with van der Waals surface area (Å²) < 4.78 is 13.8. The number of carbonyl (C=O) groups excluding carboxylic acids is 1. The number of ether oxygens (including phenoxy) is 2. The van der Waals surface area contributed by atoms with E-state index in [4.69, 9.17) is 9.47 Å². The second-order valence-electron chi connectivity index (χ2n) is 5.74. The summed E-state index contributed by atoms with van der Waals surface area (Å²) in [6.45, 7) is 5.52. The number of methoxy groups -OCH3 is 1. The number of carbonyl (C=O) groups is 1. The van der Waals surface area contributed by atoms with Crippen molar-refractivity contribution in [3.05, 3.63) is 39.4 Å². The number of hydrogen-bond acceptors (Lipinski definition) is 3. The van der Waals surface area contributed by atoms with Crippen molar-refractivity contribution in [1.29, 1.82) is 0 Å². The van der Waals surface area contributed by atoms with E-state index in [9.17, 15) is 4.79 Å². The van der Waals surface area contributed by atoms with Gasteiger partial charge in [0.05, 0.1) is 17.3 Å². The fraction of sp³-hybridized carbons (Fsp3) is 0.312. The molecule has 6 heteroatoms. The molecule has 2 aromatic rings. The number of rotatable bonds is 2. The third-order valence-electron chi connectivity index (χ3n) is 2.82. The van der Waals surface area contributed by atoms with E-state index < -0.39 is 11.7 Å². The number of halogens is 2. The van der Waals surface area contributed by atoms with Crippen LogP contribution in [0.25, 0.3) is 11.3 Å². The fourth-order valence-electron chi connectivity index (χ4n) is 1.94. The van der Waals surface area contributed by atoms with Crippen molar-refractivity contribution >= 4 is 38.0 Å². The molecule has 4 nitrogen and oxygen atoms in total. The van der Waals surface area contributed by atoms with Crippen molar-refractivity contribution in [1.82, 2.24) is 4.57 Å². The summed E-state index contributed by atoms with van der Waals surface area (Å²) in [4.78, 5) is 12.4. The van der Waals surface area contributed by atoms with Crippen LogP contribution < -0.4 is 4.74 Å². The molecule has 0 saturated heterocycles. The Kier molecular flexibility index (Phi) is 5.02. The van der Waals surface area contributed by atoms with E-state index >= 15 is 0 Å². The van der Waals surface area contributed by atoms with E-state index in [0.29, 0.717) is 0 Å². The van der Waals surface area contributed by atoms with Crippen LogP contribution in [-0.4, -0.2) is 23.4 Å². The van der Waals surface area contributed by atoms with Crippen molar-refractivity contribution < 1.29 is 14.3 Å². The Hall–Kier alpha value is -1.27. The van der Waals surface area contributed by atoms with Gasteiger partial charge in [-0.25, -0.2) is 4.79 Å². The Balaban J connectivity index is 2.44. The van der Waals surface area contributed by atoms with Crippen LogP contribution >= 0.6 is 31.9 Å². The van der Waals surface area contributed by atoms with Gasteiger partial charge in [0.25, 0.3) is 0 Å². The first-order chi connectivity index (χ1) is 10.2. The standard InChI is InChI=1S/C16H17Br2NO3/c1-16(2,3)22-15(20)19-9-11(17)8-13(19)10-5-6-14(21-4)12(18)7-10/h5-9H,1-4H3. The molecule has 0 bridgehead atoms. The lowest BCUT2D eigenvalue weighted by Crippen LogP contribution is -2.27. The summed E-state index contributed by atoms with van der Waals surface area (Å²) in [7, 11) is 1.61. The first kappa shape index (κ1) is 17.1. The SMILES string of the molecule is COc1ccc(-c2cc(Br)cn2C(=O)OC(C)(C)C)cc1Br. The third-order valence-corrected chi connectivity index (χ3v) is 3.88. The summed E-state index contributed by atoms with van der Waals surface area (Å²) in [5.41, 5.74) is 1.07. The van der Waals surface area contributed by atoms with Gasteiger partial charge in [-0.3, -0.25) is 4.57 Å². The minimum atomic E-state index is -0.550. The van der Waals surface area contributed by atoms with Gasteiger partial charge in [0, 0.05) is 16.2 Å². The van der Waals surface area contributed by atoms with Crippen molar-refractivity contribution in [3.63, 3.8) is 0 Å². The number of nitrogens with zero attached hydrogens (tertiary/aromatic N) is 1. The van der Waals surface area contributed by atoms with Crippen LogP contribution in [0.1, 0.15) is 20.8 Å². The minimum absolute atomic E-state index is 0.417. The summed E-state index contributed by atoms with van der Waals surface area (Å²) in [5.74, 6) is 0.734. The first-order valence-electron chi connectivity index (χ1n) is 6.66. The molecule has 22 heavy (non-hydrogen) atoms. The van der Waals surface area contributed by atoms with Gasteiger partial charge < -0.3 is 9.47 Å². The van der Waals surface area contributed by atoms with Crippen molar-refractivity contribution in [2.24, 2.45) is 0 Å². The molecule has 118 valence electrons. The third kappa shape index (κ3) is 3.93. The quantitative estimate of drug-likeness (QED) is 0.633. The summed E-state index contributed by atoms with van der Waals surface area (Å²) >= 11 is 6.87. The largest absolute Gasteiger partial charge is 0.496 e. The molecule has 0 aliphatic rings. The molecular formula is C16H17Br2NO3. The van der Waals surface area contributed by atoms with Gasteiger partial charge in [0.1, 0.15) is 11.4 Å². The van der Waals surface area contributed by atoms with Gasteiger partial charge in [-0.15, -0.1) is 0 Å². The molecule has 0 saturated carbocycles. The predicted molar refractivity (Wildman–Crippen MR) is 93.5 cm³/mol. The van der Waals surface area contributed by atoms with Gasteiger partial charge >= 0.3 is 6.09 Å². The smallest absolute Gasteiger partial charge is 0.419 e. The molecule has 0 aliphatic carbocycles. The number of benzene rings is 1. The van der Waals surface area contributed by atoms with E-state index in [1.165, 1.54) is 4.57 Å². The fourth-order valence-corrected chi connectivity index (χ4v) is 2.90. The van der Waals surface area contributed by atoms with E-state index in [2.05, 4.69) is 31.9 Å². The molecule has 0 amide bonds. The second-order valence-corrected chi connectivity index (χ2v) is 7.51. The Morgan fingerprint density at radius 2 is 1.86 bits per heavy atom. The number of hydrogen-bond donors (Lipinski definition) is 0. The highest BCUT2D eigenvalue weighted by Gasteiger charge is 2.21. The Labute approximate surface area is 146 Å². The maximum atomic E-state index is 12.4. The van der Waals surface area contributed by atoms with Crippen molar-refractivity contribution in [2.75, 3.05) is 7.11 Å². The summed E-state index contributed by atoms with van der Waals surface area (Å²) in [5, 5.41) is 0. The van der Waals surface area contributed by atoms with Crippen LogP contribution in [0.3, 0.4) is 0 Å². The highest BCUT2D eigenvalue weighted by molar-refractivity contribution is 9.10. The molecule has 1 aromatic heterocycles. The van der Waals surface area contributed by atoms with Crippen LogP contribution in [0, 0.1) is 0 Å². The lowest BCUT2D eigenvalue weighted by molar-refractivity contribution is 0.0540. The molecule has 0 unspecified atom stereocenters. The summed E-state index contributed by atoms with van der Waals surface area (Å²) in [6, 6.07) is 7.52. The molecule has 0 atom stereocenters. The zero-order valence-electron chi connectivity index (χ0n) is 12.8. The highest BCUT2D eigenvalue weighted by Crippen LogP contribution is 2.32. The molecule has 0 spiro atoms. The van der Waals surface area contributed by atoms with Gasteiger partial charge in [0.2, 0.25) is 0 Å². The normalized spacial score (nSPS) is 11.4. The van der Waals surface area contributed by atoms with Crippen LogP contribution in [0.5, 0.6) is 5.75 Å². The van der Waals surface area contributed by atoms with Gasteiger partial charge in [-0.2, -0.15) is 0 Å². The van der Waals surface area contributed by atoms with Crippen LogP contribution in [-0.2, 0) is 4.74 Å². The van der Waals surface area contributed by atoms with Crippen LogP contribution in [0.15, 0.2) is 39.4 Å². The monoisotopic (exact) mass is 429 g/mol. The van der Waals surface area contributed by atoms with Crippen LogP contribution in [0.2, 0.25) is 0 Å². The van der Waals surface area contributed by atoms with Crippen molar-refractivity contribution in [2.45, 2.75) is 26.4 Å². The van der Waals surface area contributed by atoms with Gasteiger partial charge in [-0.1, -0.05) is 0 Å². The topological polar surface area (TPSA) is 40.5 Å². The molecule has 0 radical (unpaired) electrons. The molecule has 1 aromatic carbocycles. The Morgan fingerprint density at radius 3 is 2.41 bits per heavy atom. The van der Waals surface area contributed by atoms with Gasteiger partial charge in [-0.05, 0) is 76.9 Å². The molecule has 2 rings (SSSR count). The zero-order chi connectivity index (χ0) is 16.5. The molecule has 0 aliphatic heterocycles. The average molecular weight is 431 g/mol. The Bertz CT molecular complexity index is 702. The summed E-state index contributed by atoms with van der Waals surface area (Å²) in [6.07, 6.45) is 1.28. The van der Waals surface area contributed by atoms with E-state index in [-0.39, 0.29) is 0 Å². The molecule has 0 N–H and O–H groups in total. The predicted octanol–water partition coefficient (Wildman–Crippen LogP) is 5.47. The molecule has 1 heterocycles. The zero-order valence-corrected chi connectivity index (χ0v) is 16.0. The van der Waals surface area contributed by atoms with E-state index in [0.717, 1.165) is 26.0 Å². The highest BCUT2D eigenvalue weighted by atomic mass is 79.9. The molecular weight excluding hydrogens is 414 g/mol. The maximum Gasteiger partial charge on any atom is 0.419 e. The minimum Gasteiger partial charge on any atom is -0.496 e. The average Bonchev–Trinajstić information content (AvgIpc) is 2.79. The maximum absolute atomic E-state index is 12.4. The van der Waals surface area contributed by atoms with E-state index in [1.807, 2.05) is 45.0 Å². The Morgan fingerprint density at radius 1 is 1.18 bits per heavy atom. The number of aromatic nitrogens is 1. The van der Waals surface area contributed by atoms with E-state index in [1.54, 1.807) is 13.3 Å². The second kappa shape index (κ2) is 6.46. The first-order valence-corrected chi connectivity index (χ1v) is 8.25.